The maximum absolute atomic E-state index is 11.8. The number of aliphatic hydroxyl groups excluding tert-OH is 1. The summed E-state index contributed by atoms with van der Waals surface area (Å²) in [5.74, 6) is -1.25. The highest BCUT2D eigenvalue weighted by Gasteiger charge is 2.10. The van der Waals surface area contributed by atoms with E-state index >= 15 is 0 Å². The molecule has 0 aliphatic rings. The third-order valence-electron chi connectivity index (χ3n) is 2.55. The Morgan fingerprint density at radius 3 is 2.83 bits per heavy atom. The second kappa shape index (κ2) is 4.85. The summed E-state index contributed by atoms with van der Waals surface area (Å²) in [4.78, 5) is 25.4. The van der Waals surface area contributed by atoms with Crippen molar-refractivity contribution in [3.8, 4) is 0 Å². The van der Waals surface area contributed by atoms with Gasteiger partial charge in [-0.05, 0) is 17.7 Å². The average molecular weight is 245 g/mol. The van der Waals surface area contributed by atoms with Crippen LogP contribution in [0.2, 0.25) is 0 Å². The number of aromatic amines is 1. The monoisotopic (exact) mass is 245 g/mol. The second-order valence-electron chi connectivity index (χ2n) is 3.73. The Kier molecular flexibility index (Phi) is 3.25. The molecule has 0 radical (unpaired) electrons. The highest BCUT2D eigenvalue weighted by atomic mass is 16.4. The maximum atomic E-state index is 11.8. The number of hydrogen-bond acceptors (Lipinski definition) is 3. The SMILES string of the molecule is O=C(O)c1c[nH]c2cc(C=CCO)ccc2c1=O. The van der Waals surface area contributed by atoms with Crippen LogP contribution in [-0.4, -0.2) is 27.8 Å². The number of nitrogens with one attached hydrogen (secondary N) is 1. The second-order valence-corrected chi connectivity index (χ2v) is 3.73. The van der Waals surface area contributed by atoms with E-state index in [1.165, 1.54) is 6.20 Å². The summed E-state index contributed by atoms with van der Waals surface area (Å²) in [5, 5.41) is 17.8. The Morgan fingerprint density at radius 2 is 2.17 bits per heavy atom. The van der Waals surface area contributed by atoms with Crippen LogP contribution in [0.25, 0.3) is 17.0 Å². The summed E-state index contributed by atoms with van der Waals surface area (Å²) in [5.41, 5.74) is 0.593. The minimum Gasteiger partial charge on any atom is -0.477 e. The fourth-order valence-corrected chi connectivity index (χ4v) is 1.69. The van der Waals surface area contributed by atoms with E-state index in [9.17, 15) is 9.59 Å². The lowest BCUT2D eigenvalue weighted by Crippen LogP contribution is -2.15. The van der Waals surface area contributed by atoms with E-state index in [0.29, 0.717) is 10.9 Å². The molecule has 0 unspecified atom stereocenters. The van der Waals surface area contributed by atoms with E-state index in [1.54, 1.807) is 30.4 Å². The topological polar surface area (TPSA) is 90.4 Å². The molecule has 3 N–H and O–H groups in total. The Labute approximate surface area is 102 Å². The van der Waals surface area contributed by atoms with E-state index in [2.05, 4.69) is 4.98 Å². The third-order valence-corrected chi connectivity index (χ3v) is 2.55. The van der Waals surface area contributed by atoms with Gasteiger partial charge >= 0.3 is 5.97 Å². The van der Waals surface area contributed by atoms with Crippen molar-refractivity contribution in [3.63, 3.8) is 0 Å². The lowest BCUT2D eigenvalue weighted by atomic mass is 10.1. The van der Waals surface area contributed by atoms with Crippen molar-refractivity contribution in [3.05, 3.63) is 51.8 Å². The van der Waals surface area contributed by atoms with Gasteiger partial charge in [-0.2, -0.15) is 0 Å². The summed E-state index contributed by atoms with van der Waals surface area (Å²) in [6.45, 7) is -0.0630. The number of carbonyl (C=O) groups is 1. The van der Waals surface area contributed by atoms with Gasteiger partial charge in [0.1, 0.15) is 5.56 Å². The summed E-state index contributed by atoms with van der Waals surface area (Å²) in [6, 6.07) is 4.97. The van der Waals surface area contributed by atoms with Crippen LogP contribution in [-0.2, 0) is 0 Å². The van der Waals surface area contributed by atoms with Gasteiger partial charge in [0.2, 0.25) is 5.43 Å². The van der Waals surface area contributed by atoms with Gasteiger partial charge in [-0.25, -0.2) is 4.79 Å². The number of rotatable bonds is 3. The van der Waals surface area contributed by atoms with Crippen molar-refractivity contribution < 1.29 is 15.0 Å². The van der Waals surface area contributed by atoms with E-state index in [0.717, 1.165) is 5.56 Å². The Hall–Kier alpha value is -2.40. The normalized spacial score (nSPS) is 11.2. The predicted octanol–water partition coefficient (Wildman–Crippen LogP) is 1.23. The van der Waals surface area contributed by atoms with Gasteiger partial charge in [-0.1, -0.05) is 18.2 Å². The Morgan fingerprint density at radius 1 is 1.39 bits per heavy atom. The van der Waals surface area contributed by atoms with E-state index in [-0.39, 0.29) is 12.2 Å². The summed E-state index contributed by atoms with van der Waals surface area (Å²) in [6.07, 6.45) is 4.47. The molecule has 2 rings (SSSR count). The number of aromatic nitrogens is 1. The van der Waals surface area contributed by atoms with E-state index in [1.807, 2.05) is 0 Å². The van der Waals surface area contributed by atoms with Crippen LogP contribution >= 0.6 is 0 Å². The van der Waals surface area contributed by atoms with Crippen molar-refractivity contribution in [1.29, 1.82) is 0 Å². The summed E-state index contributed by atoms with van der Waals surface area (Å²) >= 11 is 0. The number of carboxylic acid groups (broad SMARTS) is 1. The minimum absolute atomic E-state index is 0.0630. The number of H-pyrrole nitrogens is 1. The van der Waals surface area contributed by atoms with Crippen LogP contribution in [0.5, 0.6) is 0 Å². The number of pyridine rings is 1. The largest absolute Gasteiger partial charge is 0.477 e. The first-order chi connectivity index (χ1) is 8.63. The molecule has 0 bridgehead atoms. The summed E-state index contributed by atoms with van der Waals surface area (Å²) in [7, 11) is 0. The highest BCUT2D eigenvalue weighted by molar-refractivity contribution is 5.92. The number of fused-ring (bicyclic) bond motifs is 1. The lowest BCUT2D eigenvalue weighted by molar-refractivity contribution is 0.0695. The molecule has 18 heavy (non-hydrogen) atoms. The standard InChI is InChI=1S/C13H11NO4/c15-5-1-2-8-3-4-9-11(6-8)14-7-10(12(9)16)13(17)18/h1-4,6-7,15H,5H2,(H,14,16)(H,17,18). The van der Waals surface area contributed by atoms with Crippen LogP contribution < -0.4 is 5.43 Å². The van der Waals surface area contributed by atoms with Crippen LogP contribution in [0.4, 0.5) is 0 Å². The molecule has 2 aromatic rings. The minimum atomic E-state index is -1.25. The zero-order chi connectivity index (χ0) is 13.1. The molecule has 0 atom stereocenters. The molecule has 0 saturated heterocycles. The predicted molar refractivity (Wildman–Crippen MR) is 67.6 cm³/mol. The Balaban J connectivity index is 2.61. The molecule has 0 amide bonds. The third kappa shape index (κ3) is 2.16. The summed E-state index contributed by atoms with van der Waals surface area (Å²) < 4.78 is 0. The van der Waals surface area contributed by atoms with Crippen molar-refractivity contribution in [2.45, 2.75) is 0 Å². The smallest absolute Gasteiger partial charge is 0.341 e. The van der Waals surface area contributed by atoms with Gasteiger partial charge in [0, 0.05) is 17.1 Å². The molecule has 5 heteroatoms. The first-order valence-electron chi connectivity index (χ1n) is 5.29. The van der Waals surface area contributed by atoms with Crippen LogP contribution in [0.15, 0.2) is 35.3 Å². The molecule has 0 fully saturated rings. The fourth-order valence-electron chi connectivity index (χ4n) is 1.69. The number of aliphatic hydroxyl groups is 1. The van der Waals surface area contributed by atoms with Gasteiger partial charge in [0.25, 0.3) is 0 Å². The number of benzene rings is 1. The van der Waals surface area contributed by atoms with Crippen LogP contribution in [0.1, 0.15) is 15.9 Å². The van der Waals surface area contributed by atoms with Crippen molar-refractivity contribution in [2.24, 2.45) is 0 Å². The van der Waals surface area contributed by atoms with E-state index < -0.39 is 11.4 Å². The Bertz CT molecular complexity index is 685. The van der Waals surface area contributed by atoms with Gasteiger partial charge < -0.3 is 15.2 Å². The molecular formula is C13H11NO4. The van der Waals surface area contributed by atoms with Gasteiger partial charge in [-0.3, -0.25) is 4.79 Å². The molecular weight excluding hydrogens is 234 g/mol. The molecule has 92 valence electrons. The zero-order valence-electron chi connectivity index (χ0n) is 9.38. The van der Waals surface area contributed by atoms with Crippen molar-refractivity contribution in [1.82, 2.24) is 4.98 Å². The lowest BCUT2D eigenvalue weighted by Gasteiger charge is -2.01. The average Bonchev–Trinajstić information content (AvgIpc) is 2.36. The highest BCUT2D eigenvalue weighted by Crippen LogP contribution is 2.12. The molecule has 0 aliphatic carbocycles. The zero-order valence-corrected chi connectivity index (χ0v) is 9.38. The first-order valence-corrected chi connectivity index (χ1v) is 5.29. The number of aromatic carboxylic acids is 1. The molecule has 5 nitrogen and oxygen atoms in total. The molecule has 0 spiro atoms. The van der Waals surface area contributed by atoms with E-state index in [4.69, 9.17) is 10.2 Å². The maximum Gasteiger partial charge on any atom is 0.341 e. The van der Waals surface area contributed by atoms with Gasteiger partial charge in [-0.15, -0.1) is 0 Å². The van der Waals surface area contributed by atoms with Crippen molar-refractivity contribution >= 4 is 22.9 Å². The van der Waals surface area contributed by atoms with Crippen LogP contribution in [0, 0.1) is 0 Å². The van der Waals surface area contributed by atoms with Crippen molar-refractivity contribution in [2.75, 3.05) is 6.61 Å². The molecule has 1 heterocycles. The quantitative estimate of drug-likeness (QED) is 0.758. The number of hydrogen-bond donors (Lipinski definition) is 3. The first kappa shape index (κ1) is 12.1. The van der Waals surface area contributed by atoms with Crippen LogP contribution in [0.3, 0.4) is 0 Å². The molecule has 0 aliphatic heterocycles. The van der Waals surface area contributed by atoms with Gasteiger partial charge in [0.05, 0.1) is 6.61 Å². The molecule has 1 aromatic heterocycles. The van der Waals surface area contributed by atoms with Gasteiger partial charge in [0.15, 0.2) is 0 Å². The molecule has 0 saturated carbocycles. The fraction of sp³-hybridized carbons (Fsp3) is 0.0769. The molecule has 1 aromatic carbocycles. The number of carboxylic acids is 1.